The van der Waals surface area contributed by atoms with E-state index in [0.717, 1.165) is 24.6 Å². The molecule has 0 radical (unpaired) electrons. The van der Waals surface area contributed by atoms with Gasteiger partial charge in [0.1, 0.15) is 0 Å². The van der Waals surface area contributed by atoms with Crippen molar-refractivity contribution >= 4 is 15.7 Å². The highest BCUT2D eigenvalue weighted by atomic mass is 32.2. The molecule has 0 aliphatic carbocycles. The summed E-state index contributed by atoms with van der Waals surface area (Å²) in [6, 6.07) is 8.00. The number of hydrogen-bond acceptors (Lipinski definition) is 3. The summed E-state index contributed by atoms with van der Waals surface area (Å²) >= 11 is 0. The van der Waals surface area contributed by atoms with Crippen molar-refractivity contribution in [2.24, 2.45) is 5.92 Å². The molecule has 0 aromatic heterocycles. The normalized spacial score (nSPS) is 19.1. The van der Waals surface area contributed by atoms with Crippen LogP contribution in [0.3, 0.4) is 0 Å². The highest BCUT2D eigenvalue weighted by Gasteiger charge is 2.16. The van der Waals surface area contributed by atoms with Crippen molar-refractivity contribution < 1.29 is 8.42 Å². The van der Waals surface area contributed by atoms with E-state index < -0.39 is 10.0 Å². The lowest BCUT2D eigenvalue weighted by Gasteiger charge is -2.32. The SMILES string of the molecule is CC1CCN(c2ccc(C(C)NS(C)(=O)=O)cc2)CC1. The van der Waals surface area contributed by atoms with E-state index in [1.807, 2.05) is 19.1 Å². The van der Waals surface area contributed by atoms with Gasteiger partial charge in [-0.2, -0.15) is 0 Å². The lowest BCUT2D eigenvalue weighted by Crippen LogP contribution is -2.32. The third-order valence-electron chi connectivity index (χ3n) is 3.93. The van der Waals surface area contributed by atoms with Crippen LogP contribution >= 0.6 is 0 Å². The van der Waals surface area contributed by atoms with Gasteiger partial charge in [0.05, 0.1) is 6.26 Å². The van der Waals surface area contributed by atoms with Gasteiger partial charge in [-0.3, -0.25) is 0 Å². The van der Waals surface area contributed by atoms with Crippen LogP contribution in [0.2, 0.25) is 0 Å². The maximum atomic E-state index is 11.2. The van der Waals surface area contributed by atoms with E-state index in [-0.39, 0.29) is 6.04 Å². The van der Waals surface area contributed by atoms with Crippen molar-refractivity contribution in [3.05, 3.63) is 29.8 Å². The molecule has 1 heterocycles. The van der Waals surface area contributed by atoms with E-state index in [4.69, 9.17) is 0 Å². The van der Waals surface area contributed by atoms with Crippen LogP contribution in [0.4, 0.5) is 5.69 Å². The summed E-state index contributed by atoms with van der Waals surface area (Å²) in [4.78, 5) is 2.40. The largest absolute Gasteiger partial charge is 0.372 e. The third kappa shape index (κ3) is 4.21. The van der Waals surface area contributed by atoms with Gasteiger partial charge in [0.2, 0.25) is 10.0 Å². The fraction of sp³-hybridized carbons (Fsp3) is 0.600. The predicted octanol–water partition coefficient (Wildman–Crippen LogP) is 2.53. The van der Waals surface area contributed by atoms with Crippen LogP contribution in [0.15, 0.2) is 24.3 Å². The van der Waals surface area contributed by atoms with Gasteiger partial charge >= 0.3 is 0 Å². The second-order valence-corrected chi connectivity index (χ2v) is 7.65. The minimum Gasteiger partial charge on any atom is -0.372 e. The number of rotatable bonds is 4. The Bertz CT molecular complexity index is 531. The zero-order chi connectivity index (χ0) is 14.8. The van der Waals surface area contributed by atoms with Gasteiger partial charge in [0.15, 0.2) is 0 Å². The first-order valence-corrected chi connectivity index (χ1v) is 9.06. The molecule has 1 fully saturated rings. The number of sulfonamides is 1. The van der Waals surface area contributed by atoms with Crippen LogP contribution in [0.5, 0.6) is 0 Å². The van der Waals surface area contributed by atoms with E-state index in [9.17, 15) is 8.42 Å². The van der Waals surface area contributed by atoms with Gasteiger partial charge in [-0.25, -0.2) is 13.1 Å². The molecule has 1 aliphatic rings. The maximum absolute atomic E-state index is 11.2. The summed E-state index contributed by atoms with van der Waals surface area (Å²) < 4.78 is 25.1. The molecule has 4 nitrogen and oxygen atoms in total. The first-order chi connectivity index (χ1) is 9.35. The highest BCUT2D eigenvalue weighted by molar-refractivity contribution is 7.88. The Kier molecular flexibility index (Phi) is 4.70. The van der Waals surface area contributed by atoms with Crippen LogP contribution < -0.4 is 9.62 Å². The molecule has 0 bridgehead atoms. The molecular formula is C15H24N2O2S. The molecule has 1 unspecified atom stereocenters. The standard InChI is InChI=1S/C15H24N2O2S/c1-12-8-10-17(11-9-12)15-6-4-14(5-7-15)13(2)16-20(3,18)19/h4-7,12-13,16H,8-11H2,1-3H3. The Labute approximate surface area is 122 Å². The second kappa shape index (κ2) is 6.14. The summed E-state index contributed by atoms with van der Waals surface area (Å²) in [6.07, 6.45) is 3.67. The Morgan fingerprint density at radius 3 is 2.25 bits per heavy atom. The van der Waals surface area contributed by atoms with E-state index in [1.54, 1.807) is 0 Å². The molecule has 1 aromatic rings. The van der Waals surface area contributed by atoms with Crippen LogP contribution in [0, 0.1) is 5.92 Å². The van der Waals surface area contributed by atoms with Crippen LogP contribution in [-0.4, -0.2) is 27.8 Å². The zero-order valence-electron chi connectivity index (χ0n) is 12.5. The molecule has 1 aliphatic heterocycles. The number of nitrogens with zero attached hydrogens (tertiary/aromatic N) is 1. The molecule has 2 rings (SSSR count). The summed E-state index contributed by atoms with van der Waals surface area (Å²) in [5.74, 6) is 0.824. The van der Waals surface area contributed by atoms with Gasteiger partial charge in [0.25, 0.3) is 0 Å². The van der Waals surface area contributed by atoms with Crippen molar-refractivity contribution in [1.29, 1.82) is 0 Å². The smallest absolute Gasteiger partial charge is 0.209 e. The molecule has 0 saturated carbocycles. The third-order valence-corrected chi connectivity index (χ3v) is 4.71. The van der Waals surface area contributed by atoms with Gasteiger partial charge in [-0.15, -0.1) is 0 Å². The second-order valence-electron chi connectivity index (χ2n) is 5.87. The zero-order valence-corrected chi connectivity index (χ0v) is 13.3. The van der Waals surface area contributed by atoms with Crippen molar-refractivity contribution in [3.8, 4) is 0 Å². The van der Waals surface area contributed by atoms with Crippen molar-refractivity contribution in [3.63, 3.8) is 0 Å². The molecule has 1 saturated heterocycles. The summed E-state index contributed by atoms with van der Waals surface area (Å²) in [5, 5.41) is 0. The number of nitrogens with one attached hydrogen (secondary N) is 1. The summed E-state index contributed by atoms with van der Waals surface area (Å²) in [5.41, 5.74) is 2.22. The quantitative estimate of drug-likeness (QED) is 0.929. The lowest BCUT2D eigenvalue weighted by molar-refractivity contribution is 0.438. The average molecular weight is 296 g/mol. The molecule has 112 valence electrons. The number of benzene rings is 1. The van der Waals surface area contributed by atoms with E-state index >= 15 is 0 Å². The summed E-state index contributed by atoms with van der Waals surface area (Å²) in [6.45, 7) is 6.38. The topological polar surface area (TPSA) is 49.4 Å². The molecule has 1 N–H and O–H groups in total. The minimum absolute atomic E-state index is 0.194. The first-order valence-electron chi connectivity index (χ1n) is 7.17. The molecule has 20 heavy (non-hydrogen) atoms. The minimum atomic E-state index is -3.17. The molecule has 1 atom stereocenters. The molecule has 5 heteroatoms. The maximum Gasteiger partial charge on any atom is 0.209 e. The van der Waals surface area contributed by atoms with Crippen molar-refractivity contribution in [1.82, 2.24) is 4.72 Å². The van der Waals surface area contributed by atoms with Gasteiger partial charge < -0.3 is 4.90 Å². The highest BCUT2D eigenvalue weighted by Crippen LogP contribution is 2.24. The van der Waals surface area contributed by atoms with Gasteiger partial charge in [-0.05, 0) is 43.4 Å². The van der Waals surface area contributed by atoms with Crippen LogP contribution in [-0.2, 0) is 10.0 Å². The van der Waals surface area contributed by atoms with E-state index in [0.29, 0.717) is 0 Å². The lowest BCUT2D eigenvalue weighted by atomic mass is 9.98. The Morgan fingerprint density at radius 1 is 1.20 bits per heavy atom. The van der Waals surface area contributed by atoms with E-state index in [2.05, 4.69) is 28.7 Å². The predicted molar refractivity (Wildman–Crippen MR) is 83.4 cm³/mol. The number of anilines is 1. The molecule has 0 amide bonds. The summed E-state index contributed by atoms with van der Waals surface area (Å²) in [7, 11) is -3.17. The van der Waals surface area contributed by atoms with Crippen molar-refractivity contribution in [2.45, 2.75) is 32.7 Å². The average Bonchev–Trinajstić information content (AvgIpc) is 2.38. The first kappa shape index (κ1) is 15.3. The van der Waals surface area contributed by atoms with Gasteiger partial charge in [-0.1, -0.05) is 19.1 Å². The van der Waals surface area contributed by atoms with E-state index in [1.165, 1.54) is 24.8 Å². The monoisotopic (exact) mass is 296 g/mol. The Hall–Kier alpha value is -1.07. The molecule has 0 spiro atoms. The molecular weight excluding hydrogens is 272 g/mol. The van der Waals surface area contributed by atoms with Crippen LogP contribution in [0.1, 0.15) is 38.3 Å². The molecule has 1 aromatic carbocycles. The van der Waals surface area contributed by atoms with Crippen LogP contribution in [0.25, 0.3) is 0 Å². The Morgan fingerprint density at radius 2 is 1.75 bits per heavy atom. The van der Waals surface area contributed by atoms with Gasteiger partial charge in [0, 0.05) is 24.8 Å². The number of piperidine rings is 1. The number of hydrogen-bond donors (Lipinski definition) is 1. The fourth-order valence-corrected chi connectivity index (χ4v) is 3.41. The van der Waals surface area contributed by atoms with Crippen molar-refractivity contribution in [2.75, 3.05) is 24.2 Å². The fourth-order valence-electron chi connectivity index (χ4n) is 2.63. The Balaban J connectivity index is 2.03.